The molecule has 0 aromatic carbocycles. The third-order valence-corrected chi connectivity index (χ3v) is 4.00. The Labute approximate surface area is 126 Å². The second-order valence-corrected chi connectivity index (χ2v) is 5.49. The predicted molar refractivity (Wildman–Crippen MR) is 77.8 cm³/mol. The summed E-state index contributed by atoms with van der Waals surface area (Å²) in [6, 6.07) is 5.26. The second-order valence-electron chi connectivity index (χ2n) is 4.71. The molecule has 3 rings (SSSR count). The third-order valence-electron chi connectivity index (χ3n) is 3.31. The first-order chi connectivity index (χ1) is 10.3. The van der Waals surface area contributed by atoms with Crippen LogP contribution < -0.4 is 9.47 Å². The van der Waals surface area contributed by atoms with Gasteiger partial charge in [-0.05, 0) is 11.4 Å². The maximum absolute atomic E-state index is 12.2. The molecule has 1 amide bonds. The van der Waals surface area contributed by atoms with Gasteiger partial charge in [0, 0.05) is 30.5 Å². The molecular weight excluding hydrogens is 290 g/mol. The molecule has 1 aliphatic heterocycles. The maximum atomic E-state index is 12.2. The van der Waals surface area contributed by atoms with Gasteiger partial charge in [-0.1, -0.05) is 0 Å². The van der Waals surface area contributed by atoms with Crippen molar-refractivity contribution in [2.75, 3.05) is 20.2 Å². The Kier molecular flexibility index (Phi) is 4.01. The fourth-order valence-corrected chi connectivity index (χ4v) is 2.86. The summed E-state index contributed by atoms with van der Waals surface area (Å²) in [6.07, 6.45) is 0.749. The number of ether oxygens (including phenoxy) is 2. The zero-order valence-corrected chi connectivity index (χ0v) is 12.4. The van der Waals surface area contributed by atoms with Crippen LogP contribution in [0.15, 0.2) is 29.0 Å². The summed E-state index contributed by atoms with van der Waals surface area (Å²) in [6.45, 7) is 1.27. The molecule has 0 aliphatic carbocycles. The summed E-state index contributed by atoms with van der Waals surface area (Å²) in [5.74, 6) is 0.955. The van der Waals surface area contributed by atoms with Gasteiger partial charge in [0.25, 0.3) is 5.91 Å². The molecule has 0 radical (unpaired) electrons. The van der Waals surface area contributed by atoms with Crippen LogP contribution in [0.1, 0.15) is 16.8 Å². The Bertz CT molecular complexity index is 600. The van der Waals surface area contributed by atoms with Crippen LogP contribution in [0.2, 0.25) is 0 Å². The van der Waals surface area contributed by atoms with Crippen molar-refractivity contribution in [2.45, 2.75) is 12.5 Å². The Morgan fingerprint density at radius 3 is 2.81 bits per heavy atom. The van der Waals surface area contributed by atoms with Crippen LogP contribution in [0.3, 0.4) is 0 Å². The summed E-state index contributed by atoms with van der Waals surface area (Å²) < 4.78 is 10.7. The van der Waals surface area contributed by atoms with Gasteiger partial charge >= 0.3 is 0 Å². The minimum Gasteiger partial charge on any atom is -0.480 e. The summed E-state index contributed by atoms with van der Waals surface area (Å²) in [7, 11) is 1.54. The number of nitrogens with zero attached hydrogens (tertiary/aromatic N) is 3. The smallest absolute Gasteiger partial charge is 0.254 e. The zero-order chi connectivity index (χ0) is 14.7. The molecule has 0 bridgehead atoms. The molecule has 1 aliphatic rings. The number of hydrogen-bond donors (Lipinski definition) is 0. The van der Waals surface area contributed by atoms with E-state index in [-0.39, 0.29) is 12.0 Å². The molecule has 6 nitrogen and oxygen atoms in total. The average Bonchev–Trinajstić information content (AvgIpc) is 3.19. The van der Waals surface area contributed by atoms with E-state index in [1.807, 2.05) is 21.7 Å². The highest BCUT2D eigenvalue weighted by Crippen LogP contribution is 2.19. The Morgan fingerprint density at radius 1 is 1.33 bits per heavy atom. The van der Waals surface area contributed by atoms with Crippen molar-refractivity contribution in [3.63, 3.8) is 0 Å². The number of carbonyl (C=O) groups excluding carboxylic acids is 1. The normalized spacial score (nSPS) is 17.8. The van der Waals surface area contributed by atoms with Crippen molar-refractivity contribution in [3.05, 3.63) is 34.5 Å². The van der Waals surface area contributed by atoms with Gasteiger partial charge in [0.05, 0.1) is 19.2 Å². The largest absolute Gasteiger partial charge is 0.480 e. The number of carbonyl (C=O) groups is 1. The van der Waals surface area contributed by atoms with E-state index in [2.05, 4.69) is 10.2 Å². The van der Waals surface area contributed by atoms with Crippen LogP contribution in [0, 0.1) is 0 Å². The minimum absolute atomic E-state index is 0.0460. The summed E-state index contributed by atoms with van der Waals surface area (Å²) in [5.41, 5.74) is 0.741. The molecule has 2 aromatic heterocycles. The fraction of sp³-hybridized carbons (Fsp3) is 0.357. The average molecular weight is 305 g/mol. The van der Waals surface area contributed by atoms with E-state index < -0.39 is 0 Å². The zero-order valence-electron chi connectivity index (χ0n) is 11.6. The first-order valence-corrected chi connectivity index (χ1v) is 7.56. The maximum Gasteiger partial charge on any atom is 0.254 e. The minimum atomic E-state index is -0.0460. The van der Waals surface area contributed by atoms with Gasteiger partial charge in [-0.2, -0.15) is 11.3 Å². The molecule has 2 aromatic rings. The van der Waals surface area contributed by atoms with Gasteiger partial charge in [0.2, 0.25) is 11.8 Å². The molecule has 1 saturated heterocycles. The van der Waals surface area contributed by atoms with E-state index in [0.29, 0.717) is 24.8 Å². The molecule has 3 heterocycles. The van der Waals surface area contributed by atoms with E-state index in [0.717, 1.165) is 12.0 Å². The van der Waals surface area contributed by atoms with Crippen molar-refractivity contribution >= 4 is 17.2 Å². The Balaban J connectivity index is 1.58. The highest BCUT2D eigenvalue weighted by Gasteiger charge is 2.28. The van der Waals surface area contributed by atoms with Gasteiger partial charge < -0.3 is 14.4 Å². The van der Waals surface area contributed by atoms with Crippen LogP contribution in [0.25, 0.3) is 0 Å². The number of thiophene rings is 1. The molecule has 1 fully saturated rings. The molecule has 1 atom stereocenters. The summed E-state index contributed by atoms with van der Waals surface area (Å²) in [4.78, 5) is 14.0. The van der Waals surface area contributed by atoms with E-state index in [9.17, 15) is 4.79 Å². The van der Waals surface area contributed by atoms with Crippen molar-refractivity contribution < 1.29 is 14.3 Å². The van der Waals surface area contributed by atoms with Crippen molar-refractivity contribution in [1.29, 1.82) is 0 Å². The number of hydrogen-bond acceptors (Lipinski definition) is 6. The fourth-order valence-electron chi connectivity index (χ4n) is 2.23. The summed E-state index contributed by atoms with van der Waals surface area (Å²) >= 11 is 1.52. The standard InChI is InChI=1S/C14H15N3O3S/c1-19-12-2-3-13(16-15-12)20-11-4-6-17(8-11)14(18)10-5-7-21-9-10/h2-3,5,7,9,11H,4,6,8H2,1H3/t11-/m0/s1. The quantitative estimate of drug-likeness (QED) is 0.862. The molecule has 0 unspecified atom stereocenters. The topological polar surface area (TPSA) is 64.6 Å². The van der Waals surface area contributed by atoms with E-state index in [1.165, 1.54) is 18.4 Å². The molecule has 0 N–H and O–H groups in total. The van der Waals surface area contributed by atoms with Gasteiger partial charge in [-0.3, -0.25) is 4.79 Å². The van der Waals surface area contributed by atoms with Crippen molar-refractivity contribution in [3.8, 4) is 11.8 Å². The highest BCUT2D eigenvalue weighted by atomic mass is 32.1. The van der Waals surface area contributed by atoms with Crippen molar-refractivity contribution in [1.82, 2.24) is 15.1 Å². The second kappa shape index (κ2) is 6.09. The third kappa shape index (κ3) is 3.13. The number of rotatable bonds is 4. The van der Waals surface area contributed by atoms with Crippen LogP contribution in [-0.2, 0) is 0 Å². The predicted octanol–water partition coefficient (Wildman–Crippen LogP) is 1.84. The first kappa shape index (κ1) is 13.8. The van der Waals surface area contributed by atoms with Gasteiger partial charge in [-0.25, -0.2) is 0 Å². The first-order valence-electron chi connectivity index (χ1n) is 6.62. The monoisotopic (exact) mass is 305 g/mol. The lowest BCUT2D eigenvalue weighted by atomic mass is 10.3. The molecule has 7 heteroatoms. The lowest BCUT2D eigenvalue weighted by molar-refractivity contribution is 0.0771. The van der Waals surface area contributed by atoms with Gasteiger partial charge in [-0.15, -0.1) is 10.2 Å². The number of methoxy groups -OCH3 is 1. The molecular formula is C14H15N3O3S. The number of likely N-dealkylation sites (tertiary alicyclic amines) is 1. The molecule has 21 heavy (non-hydrogen) atoms. The molecule has 0 saturated carbocycles. The molecule has 110 valence electrons. The lowest BCUT2D eigenvalue weighted by Gasteiger charge is -2.16. The highest BCUT2D eigenvalue weighted by molar-refractivity contribution is 7.08. The molecule has 0 spiro atoms. The number of aromatic nitrogens is 2. The Morgan fingerprint density at radius 2 is 2.14 bits per heavy atom. The number of amides is 1. The van der Waals surface area contributed by atoms with Crippen LogP contribution in [-0.4, -0.2) is 47.3 Å². The summed E-state index contributed by atoms with van der Waals surface area (Å²) in [5, 5.41) is 11.6. The van der Waals surface area contributed by atoms with Crippen LogP contribution >= 0.6 is 11.3 Å². The Hall–Kier alpha value is -2.15. The SMILES string of the molecule is COc1ccc(O[C@H]2CCN(C(=O)c3ccsc3)C2)nn1. The van der Waals surface area contributed by atoms with Crippen LogP contribution in [0.5, 0.6) is 11.8 Å². The van der Waals surface area contributed by atoms with Crippen molar-refractivity contribution in [2.24, 2.45) is 0 Å². The van der Waals surface area contributed by atoms with Gasteiger partial charge in [0.1, 0.15) is 6.10 Å². The van der Waals surface area contributed by atoms with Gasteiger partial charge in [0.15, 0.2) is 0 Å². The lowest BCUT2D eigenvalue weighted by Crippen LogP contribution is -2.30. The van der Waals surface area contributed by atoms with E-state index in [1.54, 1.807) is 12.1 Å². The van der Waals surface area contributed by atoms with E-state index in [4.69, 9.17) is 9.47 Å². The van der Waals surface area contributed by atoms with Crippen LogP contribution in [0.4, 0.5) is 0 Å². The van der Waals surface area contributed by atoms with E-state index >= 15 is 0 Å².